The zero-order chi connectivity index (χ0) is 34.1. The van der Waals surface area contributed by atoms with E-state index in [1.54, 1.807) is 42.6 Å². The molecule has 7 aromatic rings. The predicted octanol–water partition coefficient (Wildman–Crippen LogP) is 10.2. The first kappa shape index (κ1) is 31.7. The minimum absolute atomic E-state index is 0.0398. The van der Waals surface area contributed by atoms with Crippen molar-refractivity contribution in [1.29, 1.82) is 0 Å². The minimum atomic E-state index is -0.911. The van der Waals surface area contributed by atoms with Gasteiger partial charge in [-0.25, -0.2) is 9.18 Å². The summed E-state index contributed by atoms with van der Waals surface area (Å²) in [6, 6.07) is 40.1. The normalized spacial score (nSPS) is 14.9. The van der Waals surface area contributed by atoms with Crippen molar-refractivity contribution in [2.24, 2.45) is 5.41 Å². The lowest BCUT2D eigenvalue weighted by Crippen LogP contribution is -2.31. The van der Waals surface area contributed by atoms with Crippen molar-refractivity contribution in [2.75, 3.05) is 5.32 Å². The second kappa shape index (κ2) is 13.0. The summed E-state index contributed by atoms with van der Waals surface area (Å²) < 4.78 is 13.6. The first-order valence-corrected chi connectivity index (χ1v) is 16.3. The fourth-order valence-corrected chi connectivity index (χ4v) is 7.11. The molecule has 0 saturated heterocycles. The smallest absolute Gasteiger partial charge is 0.335 e. The number of carboxylic acid groups (broad SMARTS) is 1. The van der Waals surface area contributed by atoms with Gasteiger partial charge in [-0.15, -0.1) is 0 Å². The molecule has 242 valence electrons. The largest absolute Gasteiger partial charge is 0.478 e. The van der Waals surface area contributed by atoms with Crippen LogP contribution in [0.2, 0.25) is 0 Å². The zero-order valence-electron chi connectivity index (χ0n) is 27.3. The molecule has 5 nitrogen and oxygen atoms in total. The van der Waals surface area contributed by atoms with E-state index < -0.39 is 11.8 Å². The highest BCUT2D eigenvalue weighted by Gasteiger charge is 2.37. The maximum Gasteiger partial charge on any atom is 0.335 e. The van der Waals surface area contributed by atoms with Crippen molar-refractivity contribution in [2.45, 2.75) is 32.6 Å². The number of carbonyl (C=O) groups is 2. The summed E-state index contributed by atoms with van der Waals surface area (Å²) in [7, 11) is 0. The highest BCUT2D eigenvalue weighted by molar-refractivity contribution is 6.09. The Kier molecular flexibility index (Phi) is 8.39. The number of hydrogen-bond acceptors (Lipinski definition) is 3. The van der Waals surface area contributed by atoms with Gasteiger partial charge in [0.25, 0.3) is 5.91 Å². The van der Waals surface area contributed by atoms with Crippen LogP contribution in [-0.2, 0) is 12.8 Å². The van der Waals surface area contributed by atoms with Crippen LogP contribution in [-0.4, -0.2) is 22.0 Å². The maximum absolute atomic E-state index is 13.6. The van der Waals surface area contributed by atoms with Crippen LogP contribution in [0.4, 0.5) is 10.1 Å². The number of anilines is 1. The number of rotatable bonds is 4. The molecule has 1 amide bonds. The summed E-state index contributed by atoms with van der Waals surface area (Å²) in [6.07, 6.45) is 3.62. The van der Waals surface area contributed by atoms with Gasteiger partial charge in [-0.3, -0.25) is 9.78 Å². The Balaban J connectivity index is 0.000000244. The SMILES string of the molecule is CC1(C)Cc2c(ccc3c2ccc2ccccc23)CC1c1cccc(NC(=O)c2cccc(F)c2)c1.O=C(O)c1ccc2ncccc2c1. The van der Waals surface area contributed by atoms with Crippen LogP contribution in [0.15, 0.2) is 134 Å². The molecule has 1 aliphatic carbocycles. The molecule has 0 radical (unpaired) electrons. The van der Waals surface area contributed by atoms with Crippen LogP contribution >= 0.6 is 0 Å². The molecule has 0 saturated carbocycles. The monoisotopic (exact) mass is 646 g/mol. The van der Waals surface area contributed by atoms with Crippen molar-refractivity contribution in [3.63, 3.8) is 0 Å². The number of halogens is 1. The number of carbonyl (C=O) groups excluding carboxylic acids is 1. The number of benzene rings is 6. The number of fused-ring (bicyclic) bond motifs is 6. The van der Waals surface area contributed by atoms with Gasteiger partial charge in [-0.05, 0) is 117 Å². The Morgan fingerprint density at radius 2 is 1.55 bits per heavy atom. The number of carboxylic acids is 1. The number of amides is 1. The molecule has 6 heteroatoms. The van der Waals surface area contributed by atoms with E-state index in [9.17, 15) is 14.0 Å². The number of nitrogens with zero attached hydrogens (tertiary/aromatic N) is 1. The van der Waals surface area contributed by atoms with E-state index in [1.807, 2.05) is 18.2 Å². The van der Waals surface area contributed by atoms with E-state index in [1.165, 1.54) is 50.4 Å². The van der Waals surface area contributed by atoms with E-state index in [4.69, 9.17) is 5.11 Å². The fraction of sp³-hybridized carbons (Fsp3) is 0.140. The third kappa shape index (κ3) is 6.50. The Labute approximate surface area is 284 Å². The predicted molar refractivity (Wildman–Crippen MR) is 195 cm³/mol. The average molecular weight is 647 g/mol. The minimum Gasteiger partial charge on any atom is -0.478 e. The first-order valence-electron chi connectivity index (χ1n) is 16.3. The Morgan fingerprint density at radius 1 is 0.755 bits per heavy atom. The highest BCUT2D eigenvalue weighted by atomic mass is 19.1. The van der Waals surface area contributed by atoms with Crippen LogP contribution in [0.25, 0.3) is 32.4 Å². The van der Waals surface area contributed by atoms with Gasteiger partial charge in [-0.2, -0.15) is 0 Å². The summed E-state index contributed by atoms with van der Waals surface area (Å²) in [5.41, 5.74) is 6.25. The number of hydrogen-bond donors (Lipinski definition) is 2. The summed E-state index contributed by atoms with van der Waals surface area (Å²) >= 11 is 0. The van der Waals surface area contributed by atoms with Gasteiger partial charge in [0, 0.05) is 22.8 Å². The molecular formula is C43H35FN2O3. The molecule has 1 atom stereocenters. The Morgan fingerprint density at radius 3 is 2.39 bits per heavy atom. The molecule has 49 heavy (non-hydrogen) atoms. The molecule has 8 rings (SSSR count). The summed E-state index contributed by atoms with van der Waals surface area (Å²) in [5, 5.41) is 17.8. The van der Waals surface area contributed by atoms with Gasteiger partial charge in [-0.1, -0.05) is 86.6 Å². The van der Waals surface area contributed by atoms with Gasteiger partial charge in [0.05, 0.1) is 11.1 Å². The van der Waals surface area contributed by atoms with Crippen LogP contribution in [0.3, 0.4) is 0 Å². The van der Waals surface area contributed by atoms with Gasteiger partial charge >= 0.3 is 5.97 Å². The number of aromatic carboxylic acids is 1. The Bertz CT molecular complexity index is 2380. The molecular weight excluding hydrogens is 611 g/mol. The van der Waals surface area contributed by atoms with E-state index in [0.29, 0.717) is 17.0 Å². The first-order chi connectivity index (χ1) is 23.7. The van der Waals surface area contributed by atoms with E-state index in [-0.39, 0.29) is 11.3 Å². The van der Waals surface area contributed by atoms with E-state index >= 15 is 0 Å². The molecule has 0 bridgehead atoms. The lowest BCUT2D eigenvalue weighted by Gasteiger charge is -2.41. The second-order valence-corrected chi connectivity index (χ2v) is 13.3. The quantitative estimate of drug-likeness (QED) is 0.187. The summed E-state index contributed by atoms with van der Waals surface area (Å²) in [5.74, 6) is -1.32. The van der Waals surface area contributed by atoms with Gasteiger partial charge in [0.1, 0.15) is 5.82 Å². The molecule has 2 N–H and O–H groups in total. The molecule has 1 aliphatic rings. The van der Waals surface area contributed by atoms with E-state index in [2.05, 4.69) is 84.8 Å². The van der Waals surface area contributed by atoms with Crippen molar-refractivity contribution in [3.05, 3.63) is 167 Å². The average Bonchev–Trinajstić information content (AvgIpc) is 3.11. The molecule has 0 aliphatic heterocycles. The van der Waals surface area contributed by atoms with Crippen LogP contribution in [0.5, 0.6) is 0 Å². The summed E-state index contributed by atoms with van der Waals surface area (Å²) in [4.78, 5) is 27.4. The van der Waals surface area contributed by atoms with Crippen molar-refractivity contribution in [1.82, 2.24) is 4.98 Å². The van der Waals surface area contributed by atoms with Gasteiger partial charge in [0.15, 0.2) is 0 Å². The third-order valence-corrected chi connectivity index (χ3v) is 9.62. The molecule has 1 aromatic heterocycles. The van der Waals surface area contributed by atoms with Crippen LogP contribution < -0.4 is 5.32 Å². The lowest BCUT2D eigenvalue weighted by atomic mass is 9.63. The van der Waals surface area contributed by atoms with Crippen molar-refractivity contribution < 1.29 is 19.1 Å². The van der Waals surface area contributed by atoms with Gasteiger partial charge in [0.2, 0.25) is 0 Å². The molecule has 1 heterocycles. The second-order valence-electron chi connectivity index (χ2n) is 13.3. The number of aromatic nitrogens is 1. The fourth-order valence-electron chi connectivity index (χ4n) is 7.11. The zero-order valence-corrected chi connectivity index (χ0v) is 27.3. The van der Waals surface area contributed by atoms with Crippen molar-refractivity contribution in [3.8, 4) is 0 Å². The molecule has 1 unspecified atom stereocenters. The van der Waals surface area contributed by atoms with Crippen LogP contribution in [0, 0.1) is 11.2 Å². The topological polar surface area (TPSA) is 79.3 Å². The molecule has 6 aromatic carbocycles. The number of pyridine rings is 1. The van der Waals surface area contributed by atoms with E-state index in [0.717, 1.165) is 29.4 Å². The van der Waals surface area contributed by atoms with Crippen LogP contribution in [0.1, 0.15) is 57.2 Å². The molecule has 0 spiro atoms. The standard InChI is InChI=1S/C33H28FNO.C10H7NO2/c1-33(2)20-30-22(14-16-28-27-12-4-3-7-21(27)13-15-29(28)30)19-31(33)23-8-6-11-26(18-23)35-32(36)24-9-5-10-25(34)17-24;12-10(13)8-3-4-9-7(6-8)2-1-5-11-9/h3-18,31H,19-20H2,1-2H3,(H,35,36);1-6H,(H,12,13). The lowest BCUT2D eigenvalue weighted by molar-refractivity contribution is 0.0696. The summed E-state index contributed by atoms with van der Waals surface area (Å²) in [6.45, 7) is 4.69. The maximum atomic E-state index is 13.6. The molecule has 0 fully saturated rings. The third-order valence-electron chi connectivity index (χ3n) is 9.62. The highest BCUT2D eigenvalue weighted by Crippen LogP contribution is 2.48. The van der Waals surface area contributed by atoms with Gasteiger partial charge < -0.3 is 10.4 Å². The number of nitrogens with one attached hydrogen (secondary N) is 1. The Hall–Kier alpha value is -5.88. The van der Waals surface area contributed by atoms with Crippen molar-refractivity contribution >= 4 is 50.0 Å².